The van der Waals surface area contributed by atoms with Crippen LogP contribution in [0.2, 0.25) is 0 Å². The molecule has 0 saturated heterocycles. The Labute approximate surface area is 158 Å². The summed E-state index contributed by atoms with van der Waals surface area (Å²) < 4.78 is 1.11. The topological polar surface area (TPSA) is 70.6 Å². The van der Waals surface area contributed by atoms with Crippen molar-refractivity contribution in [3.05, 3.63) is 75.9 Å². The molecule has 25 heavy (non-hydrogen) atoms. The van der Waals surface area contributed by atoms with Crippen LogP contribution in [0.1, 0.15) is 5.56 Å². The van der Waals surface area contributed by atoms with E-state index in [2.05, 4.69) is 38.4 Å². The van der Waals surface area contributed by atoms with Crippen LogP contribution >= 0.6 is 22.6 Å². The van der Waals surface area contributed by atoms with Crippen LogP contribution in [0, 0.1) is 3.57 Å². The lowest BCUT2D eigenvalue weighted by atomic mass is 10.1. The van der Waals surface area contributed by atoms with Crippen molar-refractivity contribution < 1.29 is 9.59 Å². The van der Waals surface area contributed by atoms with E-state index in [0.717, 1.165) is 19.9 Å². The number of hydrogen-bond acceptors (Lipinski definition) is 3. The predicted octanol–water partition coefficient (Wildman–Crippen LogP) is 3.53. The summed E-state index contributed by atoms with van der Waals surface area (Å²) >= 11 is 2.20. The van der Waals surface area contributed by atoms with Crippen LogP contribution < -0.4 is 10.7 Å². The molecule has 3 aromatic carbocycles. The summed E-state index contributed by atoms with van der Waals surface area (Å²) in [5.74, 6) is -1.59. The van der Waals surface area contributed by atoms with Crippen LogP contribution in [0.15, 0.2) is 71.8 Å². The third-order valence-electron chi connectivity index (χ3n) is 3.46. The van der Waals surface area contributed by atoms with E-state index in [0.29, 0.717) is 5.69 Å². The van der Waals surface area contributed by atoms with Crippen molar-refractivity contribution >= 4 is 57.1 Å². The highest BCUT2D eigenvalue weighted by atomic mass is 127. The number of hydrazone groups is 1. The van der Waals surface area contributed by atoms with E-state index >= 15 is 0 Å². The van der Waals surface area contributed by atoms with E-state index in [-0.39, 0.29) is 0 Å². The van der Waals surface area contributed by atoms with E-state index in [1.807, 2.05) is 60.7 Å². The molecule has 0 fully saturated rings. The Balaban J connectivity index is 1.59. The van der Waals surface area contributed by atoms with Crippen LogP contribution in [-0.2, 0) is 9.59 Å². The lowest BCUT2D eigenvalue weighted by Crippen LogP contribution is -2.32. The Hall–Kier alpha value is -2.74. The molecule has 0 radical (unpaired) electrons. The number of nitrogens with zero attached hydrogens (tertiary/aromatic N) is 1. The number of benzene rings is 3. The quantitative estimate of drug-likeness (QED) is 0.282. The van der Waals surface area contributed by atoms with Crippen molar-refractivity contribution in [1.82, 2.24) is 5.43 Å². The fourth-order valence-corrected chi connectivity index (χ4v) is 2.58. The van der Waals surface area contributed by atoms with E-state index in [4.69, 9.17) is 0 Å². The highest BCUT2D eigenvalue weighted by Crippen LogP contribution is 2.18. The van der Waals surface area contributed by atoms with Crippen molar-refractivity contribution in [2.75, 3.05) is 5.32 Å². The molecule has 6 heteroatoms. The van der Waals surface area contributed by atoms with E-state index in [1.54, 1.807) is 6.07 Å². The number of halogens is 1. The van der Waals surface area contributed by atoms with Gasteiger partial charge in [-0.25, -0.2) is 5.43 Å². The molecule has 3 rings (SSSR count). The summed E-state index contributed by atoms with van der Waals surface area (Å²) in [7, 11) is 0. The smallest absolute Gasteiger partial charge is 0.318 e. The normalized spacial score (nSPS) is 10.8. The maximum atomic E-state index is 11.9. The van der Waals surface area contributed by atoms with Crippen LogP contribution in [0.3, 0.4) is 0 Å². The number of amides is 2. The van der Waals surface area contributed by atoms with Gasteiger partial charge in [-0.1, -0.05) is 42.5 Å². The van der Waals surface area contributed by atoms with Gasteiger partial charge >= 0.3 is 11.8 Å². The van der Waals surface area contributed by atoms with Crippen LogP contribution in [0.5, 0.6) is 0 Å². The Morgan fingerprint density at radius 1 is 0.880 bits per heavy atom. The Bertz CT molecular complexity index is 952. The van der Waals surface area contributed by atoms with Gasteiger partial charge in [-0.2, -0.15) is 5.10 Å². The maximum Gasteiger partial charge on any atom is 0.329 e. The van der Waals surface area contributed by atoms with Gasteiger partial charge in [-0.05, 0) is 63.2 Å². The molecule has 0 unspecified atom stereocenters. The Morgan fingerprint density at radius 3 is 2.36 bits per heavy atom. The molecule has 0 saturated carbocycles. The molecule has 0 aromatic heterocycles. The van der Waals surface area contributed by atoms with Gasteiger partial charge in [-0.15, -0.1) is 0 Å². The summed E-state index contributed by atoms with van der Waals surface area (Å²) in [6.45, 7) is 0. The molecule has 2 amide bonds. The predicted molar refractivity (Wildman–Crippen MR) is 107 cm³/mol. The lowest BCUT2D eigenvalue weighted by Gasteiger charge is -2.05. The molecule has 0 aliphatic heterocycles. The molecular weight excluding hydrogens is 429 g/mol. The molecule has 3 aromatic rings. The van der Waals surface area contributed by atoms with E-state index < -0.39 is 11.8 Å². The second kappa shape index (κ2) is 7.89. The van der Waals surface area contributed by atoms with Crippen LogP contribution in [0.25, 0.3) is 10.8 Å². The van der Waals surface area contributed by atoms with E-state index in [9.17, 15) is 9.59 Å². The number of carbonyl (C=O) groups is 2. The van der Waals surface area contributed by atoms with Crippen molar-refractivity contribution in [3.8, 4) is 0 Å². The van der Waals surface area contributed by atoms with Gasteiger partial charge in [0.25, 0.3) is 0 Å². The monoisotopic (exact) mass is 443 g/mol. The number of anilines is 1. The van der Waals surface area contributed by atoms with Gasteiger partial charge in [0, 0.05) is 9.26 Å². The molecule has 0 heterocycles. The molecule has 124 valence electrons. The molecular formula is C19H14IN3O2. The summed E-state index contributed by atoms with van der Waals surface area (Å²) in [5.41, 5.74) is 3.60. The molecule has 0 atom stereocenters. The van der Waals surface area contributed by atoms with Gasteiger partial charge in [0.05, 0.1) is 6.21 Å². The standard InChI is InChI=1S/C19H14IN3O2/c20-16-8-5-13(6-9-16)12-21-23-19(25)18(24)22-17-10-7-14-3-1-2-4-15(14)11-17/h1-12H,(H,22,24)(H,23,25). The number of carbonyl (C=O) groups excluding carboxylic acids is 2. The minimum Gasteiger partial charge on any atom is -0.318 e. The fourth-order valence-electron chi connectivity index (χ4n) is 2.22. The average Bonchev–Trinajstić information content (AvgIpc) is 2.63. The number of rotatable bonds is 3. The second-order valence-corrected chi connectivity index (χ2v) is 6.51. The molecule has 0 aliphatic carbocycles. The maximum absolute atomic E-state index is 11.9. The van der Waals surface area contributed by atoms with Gasteiger partial charge in [0.2, 0.25) is 0 Å². The summed E-state index contributed by atoms with van der Waals surface area (Å²) in [6.07, 6.45) is 1.48. The first-order chi connectivity index (χ1) is 12.1. The van der Waals surface area contributed by atoms with Crippen molar-refractivity contribution in [3.63, 3.8) is 0 Å². The molecule has 0 bridgehead atoms. The Kier molecular flexibility index (Phi) is 5.39. The minimum absolute atomic E-state index is 0.556. The fraction of sp³-hybridized carbons (Fsp3) is 0. The largest absolute Gasteiger partial charge is 0.329 e. The SMILES string of the molecule is O=C(NN=Cc1ccc(I)cc1)C(=O)Nc1ccc2ccccc2c1. The van der Waals surface area contributed by atoms with Crippen LogP contribution in [0.4, 0.5) is 5.69 Å². The Morgan fingerprint density at radius 2 is 1.60 bits per heavy atom. The molecule has 0 aliphatic rings. The van der Waals surface area contributed by atoms with Gasteiger partial charge in [0.1, 0.15) is 0 Å². The zero-order valence-electron chi connectivity index (χ0n) is 13.1. The second-order valence-electron chi connectivity index (χ2n) is 5.27. The molecule has 0 spiro atoms. The molecule has 2 N–H and O–H groups in total. The van der Waals surface area contributed by atoms with Crippen molar-refractivity contribution in [2.45, 2.75) is 0 Å². The number of hydrogen-bond donors (Lipinski definition) is 2. The average molecular weight is 443 g/mol. The summed E-state index contributed by atoms with van der Waals surface area (Å²) in [6, 6.07) is 20.8. The molecule has 5 nitrogen and oxygen atoms in total. The highest BCUT2D eigenvalue weighted by Gasteiger charge is 2.12. The third kappa shape index (κ3) is 4.63. The van der Waals surface area contributed by atoms with Crippen LogP contribution in [-0.4, -0.2) is 18.0 Å². The minimum atomic E-state index is -0.824. The first-order valence-electron chi connectivity index (χ1n) is 7.50. The van der Waals surface area contributed by atoms with Gasteiger partial charge in [-0.3, -0.25) is 9.59 Å². The number of fused-ring (bicyclic) bond motifs is 1. The number of nitrogens with one attached hydrogen (secondary N) is 2. The summed E-state index contributed by atoms with van der Waals surface area (Å²) in [4.78, 5) is 23.8. The lowest BCUT2D eigenvalue weighted by molar-refractivity contribution is -0.136. The van der Waals surface area contributed by atoms with Gasteiger partial charge in [0.15, 0.2) is 0 Å². The van der Waals surface area contributed by atoms with Crippen molar-refractivity contribution in [2.24, 2.45) is 5.10 Å². The first-order valence-corrected chi connectivity index (χ1v) is 8.58. The zero-order chi connectivity index (χ0) is 17.6. The summed E-state index contributed by atoms with van der Waals surface area (Å²) in [5, 5.41) is 8.41. The van der Waals surface area contributed by atoms with E-state index in [1.165, 1.54) is 6.21 Å². The zero-order valence-corrected chi connectivity index (χ0v) is 15.2. The first kappa shape index (κ1) is 17.1. The third-order valence-corrected chi connectivity index (χ3v) is 4.18. The van der Waals surface area contributed by atoms with Gasteiger partial charge < -0.3 is 5.32 Å². The highest BCUT2D eigenvalue weighted by molar-refractivity contribution is 14.1. The van der Waals surface area contributed by atoms with Crippen molar-refractivity contribution in [1.29, 1.82) is 0 Å².